The number of methoxy groups -OCH3 is 1. The number of benzene rings is 1. The molecule has 3 heterocycles. The van der Waals surface area contributed by atoms with Crippen LogP contribution in [0.5, 0.6) is 5.75 Å². The maximum Gasteiger partial charge on any atom is 0.277 e. The Kier molecular flexibility index (Phi) is 5.55. The largest absolute Gasteiger partial charge is 0.495 e. The lowest BCUT2D eigenvalue weighted by atomic mass is 9.92. The van der Waals surface area contributed by atoms with Crippen molar-refractivity contribution in [3.05, 3.63) is 52.5 Å². The van der Waals surface area contributed by atoms with Gasteiger partial charge in [-0.2, -0.15) is 5.10 Å². The molecule has 0 spiro atoms. The van der Waals surface area contributed by atoms with Gasteiger partial charge in [-0.05, 0) is 63.4 Å². The second-order valence-corrected chi connectivity index (χ2v) is 10.4. The number of carbonyl (C=O) groups excluding carboxylic acids is 2. The number of hydrogen-bond acceptors (Lipinski definition) is 5. The monoisotopic (exact) mass is 472 g/mol. The number of halogens is 1. The third kappa shape index (κ3) is 3.89. The van der Waals surface area contributed by atoms with Crippen molar-refractivity contribution in [2.45, 2.75) is 45.3 Å². The quantitative estimate of drug-likeness (QED) is 0.601. The lowest BCUT2D eigenvalue weighted by molar-refractivity contribution is -0.128. The van der Waals surface area contributed by atoms with E-state index in [1.165, 1.54) is 12.0 Å². The number of nitrogens with zero attached hydrogens (tertiary/aromatic N) is 3. The predicted molar refractivity (Wildman–Crippen MR) is 127 cm³/mol. The Morgan fingerprint density at radius 3 is 2.66 bits per heavy atom. The number of amides is 2. The number of rotatable bonds is 4. The van der Waals surface area contributed by atoms with E-state index in [9.17, 15) is 9.59 Å². The first-order valence-corrected chi connectivity index (χ1v) is 11.4. The van der Waals surface area contributed by atoms with Gasteiger partial charge in [0, 0.05) is 10.6 Å². The molecular formula is C23H25ClN4O3S. The Morgan fingerprint density at radius 2 is 2.03 bits per heavy atom. The van der Waals surface area contributed by atoms with E-state index in [0.29, 0.717) is 27.8 Å². The molecule has 0 bridgehead atoms. The first kappa shape index (κ1) is 22.4. The molecule has 2 aromatic heterocycles. The average Bonchev–Trinajstić information content (AvgIpc) is 3.36. The number of fused-ring (bicyclic) bond motifs is 1. The Bertz CT molecular complexity index is 1180. The van der Waals surface area contributed by atoms with Crippen molar-refractivity contribution in [3.63, 3.8) is 0 Å². The number of thiophene rings is 1. The van der Waals surface area contributed by atoms with Crippen LogP contribution >= 0.6 is 22.9 Å². The SMILES string of the molecule is COc1ccc(Cl)cc1N1C(=O)c2cc(-c3cccs3)nn2C[C@@]1(C)C(=O)NC(C)(C)C. The number of aromatic nitrogens is 2. The van der Waals surface area contributed by atoms with E-state index < -0.39 is 11.1 Å². The van der Waals surface area contributed by atoms with E-state index >= 15 is 0 Å². The second-order valence-electron chi connectivity index (χ2n) is 8.98. The summed E-state index contributed by atoms with van der Waals surface area (Å²) in [5.74, 6) is -0.193. The minimum absolute atomic E-state index is 0.178. The summed E-state index contributed by atoms with van der Waals surface area (Å²) >= 11 is 7.82. The molecule has 4 rings (SSSR count). The standard InChI is InChI=1S/C23H25ClN4O3S/c1-22(2,3)25-21(30)23(4)13-27-17(12-15(26-27)19-7-6-10-32-19)20(29)28(23)16-11-14(24)8-9-18(16)31-5/h6-12H,13H2,1-5H3,(H,25,30)/t23-/m0/s1. The highest BCUT2D eigenvalue weighted by atomic mass is 35.5. The van der Waals surface area contributed by atoms with Crippen LogP contribution in [0, 0.1) is 0 Å². The minimum atomic E-state index is -1.27. The van der Waals surface area contributed by atoms with Crippen LogP contribution in [0.3, 0.4) is 0 Å². The molecule has 1 atom stereocenters. The summed E-state index contributed by atoms with van der Waals surface area (Å²) in [4.78, 5) is 29.9. The molecule has 0 fully saturated rings. The summed E-state index contributed by atoms with van der Waals surface area (Å²) in [5.41, 5.74) is -0.228. The minimum Gasteiger partial charge on any atom is -0.495 e. The van der Waals surface area contributed by atoms with Gasteiger partial charge in [0.2, 0.25) is 5.91 Å². The van der Waals surface area contributed by atoms with E-state index in [1.807, 2.05) is 38.3 Å². The fourth-order valence-electron chi connectivity index (χ4n) is 3.82. The van der Waals surface area contributed by atoms with Gasteiger partial charge in [0.25, 0.3) is 5.91 Å². The molecule has 0 saturated heterocycles. The fraction of sp³-hybridized carbons (Fsp3) is 0.348. The molecule has 1 aromatic carbocycles. The zero-order valence-electron chi connectivity index (χ0n) is 18.6. The molecule has 7 nitrogen and oxygen atoms in total. The van der Waals surface area contributed by atoms with Gasteiger partial charge in [-0.1, -0.05) is 17.7 Å². The lowest BCUT2D eigenvalue weighted by Crippen LogP contribution is -2.66. The summed E-state index contributed by atoms with van der Waals surface area (Å²) in [6.45, 7) is 7.62. The van der Waals surface area contributed by atoms with Gasteiger partial charge >= 0.3 is 0 Å². The van der Waals surface area contributed by atoms with E-state index in [2.05, 4.69) is 10.4 Å². The van der Waals surface area contributed by atoms with Crippen molar-refractivity contribution in [2.75, 3.05) is 12.0 Å². The van der Waals surface area contributed by atoms with Crippen LogP contribution in [0.4, 0.5) is 5.69 Å². The van der Waals surface area contributed by atoms with Crippen LogP contribution in [0.25, 0.3) is 10.6 Å². The number of anilines is 1. The van der Waals surface area contributed by atoms with E-state index in [-0.39, 0.29) is 18.4 Å². The zero-order chi connectivity index (χ0) is 23.3. The second kappa shape index (κ2) is 7.94. The molecule has 3 aromatic rings. The molecule has 0 aliphatic carbocycles. The summed E-state index contributed by atoms with van der Waals surface area (Å²) in [5, 5.41) is 10.1. The maximum atomic E-state index is 13.9. The Balaban J connectivity index is 1.90. The van der Waals surface area contributed by atoms with Crippen molar-refractivity contribution < 1.29 is 14.3 Å². The first-order chi connectivity index (χ1) is 15.0. The highest BCUT2D eigenvalue weighted by Gasteiger charge is 2.50. The van der Waals surface area contributed by atoms with Crippen molar-refractivity contribution in [3.8, 4) is 16.3 Å². The Labute approximate surface area is 195 Å². The van der Waals surface area contributed by atoms with Crippen LogP contribution in [0.2, 0.25) is 5.02 Å². The van der Waals surface area contributed by atoms with Crippen LogP contribution < -0.4 is 15.0 Å². The van der Waals surface area contributed by atoms with Crippen LogP contribution in [0.1, 0.15) is 38.2 Å². The van der Waals surface area contributed by atoms with Gasteiger partial charge < -0.3 is 10.1 Å². The topological polar surface area (TPSA) is 76.5 Å². The third-order valence-electron chi connectivity index (χ3n) is 5.29. The molecule has 1 aliphatic heterocycles. The van der Waals surface area contributed by atoms with E-state index in [4.69, 9.17) is 16.3 Å². The average molecular weight is 473 g/mol. The third-order valence-corrected chi connectivity index (χ3v) is 6.41. The van der Waals surface area contributed by atoms with E-state index in [0.717, 1.165) is 4.88 Å². The summed E-state index contributed by atoms with van der Waals surface area (Å²) in [6.07, 6.45) is 0. The van der Waals surface area contributed by atoms with Gasteiger partial charge in [-0.3, -0.25) is 19.2 Å². The lowest BCUT2D eigenvalue weighted by Gasteiger charge is -2.44. The summed E-state index contributed by atoms with van der Waals surface area (Å²) in [6, 6.07) is 10.7. The fourth-order valence-corrected chi connectivity index (χ4v) is 4.66. The molecule has 1 aliphatic rings. The molecule has 9 heteroatoms. The normalized spacial score (nSPS) is 18.4. The molecule has 1 N–H and O–H groups in total. The van der Waals surface area contributed by atoms with Crippen LogP contribution in [-0.2, 0) is 11.3 Å². The first-order valence-electron chi connectivity index (χ1n) is 10.2. The Hall–Kier alpha value is -2.84. The van der Waals surface area contributed by atoms with Gasteiger partial charge in [0.1, 0.15) is 22.7 Å². The summed E-state index contributed by atoms with van der Waals surface area (Å²) in [7, 11) is 1.52. The van der Waals surface area contributed by atoms with Crippen molar-refractivity contribution in [2.24, 2.45) is 0 Å². The van der Waals surface area contributed by atoms with Gasteiger partial charge in [-0.25, -0.2) is 0 Å². The number of ether oxygens (including phenoxy) is 1. The van der Waals surface area contributed by atoms with Crippen molar-refractivity contribution in [1.29, 1.82) is 0 Å². The van der Waals surface area contributed by atoms with E-state index in [1.54, 1.807) is 47.2 Å². The molecule has 2 amide bonds. The molecule has 0 saturated carbocycles. The molecule has 0 unspecified atom stereocenters. The molecule has 168 valence electrons. The summed E-state index contributed by atoms with van der Waals surface area (Å²) < 4.78 is 7.14. The highest BCUT2D eigenvalue weighted by molar-refractivity contribution is 7.13. The zero-order valence-corrected chi connectivity index (χ0v) is 20.2. The van der Waals surface area contributed by atoms with Crippen LogP contribution in [0.15, 0.2) is 41.8 Å². The molecule has 0 radical (unpaired) electrons. The van der Waals surface area contributed by atoms with Crippen molar-refractivity contribution in [1.82, 2.24) is 15.1 Å². The van der Waals surface area contributed by atoms with Crippen molar-refractivity contribution >= 4 is 40.4 Å². The highest BCUT2D eigenvalue weighted by Crippen LogP contribution is 2.40. The number of hydrogen-bond donors (Lipinski definition) is 1. The van der Waals surface area contributed by atoms with Gasteiger partial charge in [0.15, 0.2) is 0 Å². The van der Waals surface area contributed by atoms with Gasteiger partial charge in [-0.15, -0.1) is 11.3 Å². The predicted octanol–water partition coefficient (Wildman–Crippen LogP) is 4.61. The maximum absolute atomic E-state index is 13.9. The molecular weight excluding hydrogens is 448 g/mol. The van der Waals surface area contributed by atoms with Gasteiger partial charge in [0.05, 0.1) is 24.2 Å². The Morgan fingerprint density at radius 1 is 1.28 bits per heavy atom. The smallest absolute Gasteiger partial charge is 0.277 e. The molecule has 32 heavy (non-hydrogen) atoms. The number of carbonyl (C=O) groups is 2. The number of nitrogens with one attached hydrogen (secondary N) is 1. The van der Waals surface area contributed by atoms with Crippen LogP contribution in [-0.4, -0.2) is 39.8 Å².